The summed E-state index contributed by atoms with van der Waals surface area (Å²) in [6.45, 7) is 3.97. The normalized spacial score (nSPS) is 13.6. The van der Waals surface area contributed by atoms with E-state index in [1.807, 2.05) is 12.4 Å². The number of nitrogens with one attached hydrogen (secondary N) is 1. The van der Waals surface area contributed by atoms with Crippen LogP contribution < -0.4 is 5.32 Å². The molecule has 0 bridgehead atoms. The highest BCUT2D eigenvalue weighted by Crippen LogP contribution is 2.25. The van der Waals surface area contributed by atoms with Crippen molar-refractivity contribution in [3.05, 3.63) is 53.9 Å². The molecule has 3 heterocycles. The van der Waals surface area contributed by atoms with Gasteiger partial charge in [0.15, 0.2) is 0 Å². The van der Waals surface area contributed by atoms with E-state index in [-0.39, 0.29) is 0 Å². The number of benzene rings is 1. The Morgan fingerprint density at radius 1 is 1.19 bits per heavy atom. The number of hydrogen-bond donors (Lipinski definition) is 1. The predicted molar refractivity (Wildman–Crippen MR) is 84.4 cm³/mol. The fraction of sp³-hybridized carbons (Fsp3) is 0.294. The molecular weight excluding hydrogens is 260 g/mol. The van der Waals surface area contributed by atoms with Crippen LogP contribution in [0, 0.1) is 6.92 Å². The molecule has 1 aliphatic heterocycles. The molecule has 2 aromatic heterocycles. The summed E-state index contributed by atoms with van der Waals surface area (Å²) in [4.78, 5) is 8.86. The number of nitrogens with zero attached hydrogens (tertiary/aromatic N) is 3. The first-order valence-electron chi connectivity index (χ1n) is 7.44. The Morgan fingerprint density at radius 3 is 3.10 bits per heavy atom. The number of imidazole rings is 1. The van der Waals surface area contributed by atoms with Crippen molar-refractivity contribution in [2.24, 2.45) is 0 Å². The smallest absolute Gasteiger partial charge is 0.108 e. The lowest BCUT2D eigenvalue weighted by atomic mass is 10.1. The third-order valence-electron chi connectivity index (χ3n) is 4.27. The zero-order chi connectivity index (χ0) is 14.2. The summed E-state index contributed by atoms with van der Waals surface area (Å²) >= 11 is 0. The zero-order valence-electron chi connectivity index (χ0n) is 12.1. The van der Waals surface area contributed by atoms with Gasteiger partial charge in [0.1, 0.15) is 5.82 Å². The summed E-state index contributed by atoms with van der Waals surface area (Å²) in [7, 11) is 0. The molecule has 106 valence electrons. The lowest BCUT2D eigenvalue weighted by Crippen LogP contribution is -2.06. The van der Waals surface area contributed by atoms with Crippen molar-refractivity contribution in [2.75, 3.05) is 5.32 Å². The van der Waals surface area contributed by atoms with Gasteiger partial charge >= 0.3 is 0 Å². The number of aromatic nitrogens is 3. The number of fused-ring (bicyclic) bond motifs is 2. The summed E-state index contributed by atoms with van der Waals surface area (Å²) in [6, 6.07) is 8.41. The Morgan fingerprint density at radius 2 is 2.14 bits per heavy atom. The van der Waals surface area contributed by atoms with Gasteiger partial charge in [-0.3, -0.25) is 4.98 Å². The second-order valence-corrected chi connectivity index (χ2v) is 5.57. The zero-order valence-corrected chi connectivity index (χ0v) is 12.1. The van der Waals surface area contributed by atoms with E-state index in [9.17, 15) is 0 Å². The maximum atomic E-state index is 4.50. The third kappa shape index (κ3) is 2.07. The van der Waals surface area contributed by atoms with Gasteiger partial charge in [-0.25, -0.2) is 4.98 Å². The average Bonchev–Trinajstić information content (AvgIpc) is 3.09. The third-order valence-corrected chi connectivity index (χ3v) is 4.27. The topological polar surface area (TPSA) is 42.7 Å². The quantitative estimate of drug-likeness (QED) is 0.799. The van der Waals surface area contributed by atoms with Crippen molar-refractivity contribution in [1.82, 2.24) is 14.5 Å². The van der Waals surface area contributed by atoms with Crippen molar-refractivity contribution >= 4 is 16.5 Å². The van der Waals surface area contributed by atoms with Gasteiger partial charge in [0.2, 0.25) is 0 Å². The van der Waals surface area contributed by atoms with Crippen LogP contribution in [0.2, 0.25) is 0 Å². The monoisotopic (exact) mass is 278 g/mol. The molecule has 0 radical (unpaired) electrons. The van der Waals surface area contributed by atoms with Crippen molar-refractivity contribution in [1.29, 1.82) is 0 Å². The lowest BCUT2D eigenvalue weighted by Gasteiger charge is -2.11. The summed E-state index contributed by atoms with van der Waals surface area (Å²) in [6.07, 6.45) is 6.20. The highest BCUT2D eigenvalue weighted by molar-refractivity contribution is 5.94. The average molecular weight is 278 g/mol. The summed E-state index contributed by atoms with van der Waals surface area (Å²) in [5.41, 5.74) is 3.50. The molecule has 0 saturated heterocycles. The Labute approximate surface area is 123 Å². The molecule has 4 rings (SSSR count). The largest absolute Gasteiger partial charge is 0.379 e. The SMILES string of the molecule is Cc1nccc2c(NCc3cnc4n3CCC4)cccc12. The van der Waals surface area contributed by atoms with Crippen molar-refractivity contribution in [2.45, 2.75) is 32.9 Å². The van der Waals surface area contributed by atoms with Crippen LogP contribution in [0.3, 0.4) is 0 Å². The molecule has 0 fully saturated rings. The van der Waals surface area contributed by atoms with Crippen LogP contribution in [0.25, 0.3) is 10.8 Å². The molecule has 4 heteroatoms. The Balaban J connectivity index is 1.64. The standard InChI is InChI=1S/C17H18N4/c1-12-14-4-2-5-16(15(14)7-8-18-12)19-10-13-11-20-17-6-3-9-21(13)17/h2,4-5,7-8,11,19H,3,6,9-10H2,1H3. The number of hydrogen-bond acceptors (Lipinski definition) is 3. The minimum Gasteiger partial charge on any atom is -0.379 e. The number of pyridine rings is 1. The highest BCUT2D eigenvalue weighted by Gasteiger charge is 2.15. The van der Waals surface area contributed by atoms with Crippen LogP contribution in [0.4, 0.5) is 5.69 Å². The molecule has 4 nitrogen and oxygen atoms in total. The second kappa shape index (κ2) is 4.88. The van der Waals surface area contributed by atoms with Gasteiger partial charge in [0, 0.05) is 41.3 Å². The Bertz CT molecular complexity index is 804. The van der Waals surface area contributed by atoms with Gasteiger partial charge in [-0.1, -0.05) is 12.1 Å². The summed E-state index contributed by atoms with van der Waals surface area (Å²) in [5, 5.41) is 6.00. The van der Waals surface area contributed by atoms with Crippen LogP contribution in [-0.2, 0) is 19.5 Å². The fourth-order valence-corrected chi connectivity index (χ4v) is 3.16. The van der Waals surface area contributed by atoms with E-state index in [1.54, 1.807) is 0 Å². The van der Waals surface area contributed by atoms with Crippen LogP contribution in [0.1, 0.15) is 23.6 Å². The van der Waals surface area contributed by atoms with Gasteiger partial charge in [0.05, 0.1) is 18.4 Å². The minimum atomic E-state index is 0.813. The fourth-order valence-electron chi connectivity index (χ4n) is 3.16. The molecule has 0 amide bonds. The molecule has 0 aliphatic carbocycles. The van der Waals surface area contributed by atoms with Gasteiger partial charge in [-0.05, 0) is 25.5 Å². The maximum Gasteiger partial charge on any atom is 0.108 e. The lowest BCUT2D eigenvalue weighted by molar-refractivity contribution is 0.713. The molecule has 0 atom stereocenters. The van der Waals surface area contributed by atoms with Crippen molar-refractivity contribution in [3.63, 3.8) is 0 Å². The first-order valence-corrected chi connectivity index (χ1v) is 7.44. The number of rotatable bonds is 3. The molecule has 0 spiro atoms. The van der Waals surface area contributed by atoms with E-state index in [4.69, 9.17) is 0 Å². The Hall–Kier alpha value is -2.36. The molecule has 1 N–H and O–H groups in total. The van der Waals surface area contributed by atoms with Crippen LogP contribution >= 0.6 is 0 Å². The van der Waals surface area contributed by atoms with Gasteiger partial charge in [-0.2, -0.15) is 0 Å². The van der Waals surface area contributed by atoms with Crippen LogP contribution in [0.15, 0.2) is 36.7 Å². The molecule has 21 heavy (non-hydrogen) atoms. The van der Waals surface area contributed by atoms with Crippen LogP contribution in [-0.4, -0.2) is 14.5 Å². The predicted octanol–water partition coefficient (Wildman–Crippen LogP) is 3.30. The Kier molecular flexibility index (Phi) is 2.88. The summed E-state index contributed by atoms with van der Waals surface area (Å²) < 4.78 is 2.34. The minimum absolute atomic E-state index is 0.813. The van der Waals surface area contributed by atoms with Gasteiger partial charge in [-0.15, -0.1) is 0 Å². The van der Waals surface area contributed by atoms with Gasteiger partial charge < -0.3 is 9.88 Å². The van der Waals surface area contributed by atoms with Crippen LogP contribution in [0.5, 0.6) is 0 Å². The van der Waals surface area contributed by atoms with E-state index < -0.39 is 0 Å². The number of aryl methyl sites for hydroxylation is 2. The highest BCUT2D eigenvalue weighted by atomic mass is 15.1. The maximum absolute atomic E-state index is 4.50. The first kappa shape index (κ1) is 12.4. The van der Waals surface area contributed by atoms with E-state index in [0.29, 0.717) is 0 Å². The van der Waals surface area contributed by atoms with Crippen molar-refractivity contribution in [3.8, 4) is 0 Å². The number of anilines is 1. The van der Waals surface area contributed by atoms with E-state index in [2.05, 4.69) is 51.0 Å². The summed E-state index contributed by atoms with van der Waals surface area (Å²) in [5.74, 6) is 1.23. The van der Waals surface area contributed by atoms with E-state index >= 15 is 0 Å². The van der Waals surface area contributed by atoms with Crippen molar-refractivity contribution < 1.29 is 0 Å². The molecule has 0 unspecified atom stereocenters. The molecule has 1 aromatic carbocycles. The molecule has 0 saturated carbocycles. The van der Waals surface area contributed by atoms with Gasteiger partial charge in [0.25, 0.3) is 0 Å². The molecular formula is C17H18N4. The molecule has 1 aliphatic rings. The first-order chi connectivity index (χ1) is 10.3. The molecule has 3 aromatic rings. The van der Waals surface area contributed by atoms with E-state index in [1.165, 1.54) is 28.7 Å². The van der Waals surface area contributed by atoms with E-state index in [0.717, 1.165) is 30.9 Å². The second-order valence-electron chi connectivity index (χ2n) is 5.57.